The lowest BCUT2D eigenvalue weighted by atomic mass is 10.1. The van der Waals surface area contributed by atoms with Gasteiger partial charge in [0.05, 0.1) is 23.7 Å². The highest BCUT2D eigenvalue weighted by Crippen LogP contribution is 2.15. The fraction of sp³-hybridized carbons (Fsp3) is 0.273. The molecule has 3 heteroatoms. The van der Waals surface area contributed by atoms with E-state index in [0.717, 1.165) is 5.69 Å². The molecule has 3 nitrogen and oxygen atoms in total. The third-order valence-corrected chi connectivity index (χ3v) is 1.85. The van der Waals surface area contributed by atoms with Crippen molar-refractivity contribution in [1.29, 1.82) is 10.5 Å². The lowest BCUT2D eigenvalue weighted by Gasteiger charge is -2.12. The number of para-hydroxylation sites is 1. The Hall–Kier alpha value is -2.00. The van der Waals surface area contributed by atoms with Crippen molar-refractivity contribution in [1.82, 2.24) is 0 Å². The van der Waals surface area contributed by atoms with E-state index in [-0.39, 0.29) is 6.04 Å². The number of hydrogen-bond acceptors (Lipinski definition) is 3. The van der Waals surface area contributed by atoms with Gasteiger partial charge in [0.15, 0.2) is 0 Å². The van der Waals surface area contributed by atoms with Crippen LogP contribution in [0.15, 0.2) is 24.3 Å². The fourth-order valence-corrected chi connectivity index (χ4v) is 1.16. The highest BCUT2D eigenvalue weighted by Gasteiger charge is 2.04. The molecule has 0 saturated heterocycles. The zero-order chi connectivity index (χ0) is 10.4. The van der Waals surface area contributed by atoms with Crippen molar-refractivity contribution in [3.63, 3.8) is 0 Å². The Morgan fingerprint density at radius 3 is 2.71 bits per heavy atom. The Labute approximate surface area is 83.6 Å². The van der Waals surface area contributed by atoms with Crippen LogP contribution in [0.5, 0.6) is 0 Å². The van der Waals surface area contributed by atoms with Crippen LogP contribution in [-0.2, 0) is 0 Å². The SMILES string of the molecule is CC(CC#N)Nc1ccccc1C#N. The largest absolute Gasteiger partial charge is 0.380 e. The molecule has 0 aliphatic heterocycles. The van der Waals surface area contributed by atoms with Gasteiger partial charge < -0.3 is 5.32 Å². The van der Waals surface area contributed by atoms with Gasteiger partial charge in [-0.3, -0.25) is 0 Å². The summed E-state index contributed by atoms with van der Waals surface area (Å²) in [5.41, 5.74) is 1.40. The zero-order valence-corrected chi connectivity index (χ0v) is 7.99. The van der Waals surface area contributed by atoms with Gasteiger partial charge in [0.1, 0.15) is 6.07 Å². The van der Waals surface area contributed by atoms with Gasteiger partial charge in [0, 0.05) is 6.04 Å². The second kappa shape index (κ2) is 4.89. The molecule has 1 rings (SSSR count). The summed E-state index contributed by atoms with van der Waals surface area (Å²) in [6, 6.07) is 11.5. The second-order valence-electron chi connectivity index (χ2n) is 3.07. The van der Waals surface area contributed by atoms with Crippen LogP contribution in [-0.4, -0.2) is 6.04 Å². The molecule has 0 spiro atoms. The summed E-state index contributed by atoms with van der Waals surface area (Å²) >= 11 is 0. The van der Waals surface area contributed by atoms with Gasteiger partial charge in [-0.05, 0) is 19.1 Å². The highest BCUT2D eigenvalue weighted by molar-refractivity contribution is 5.57. The molecule has 0 aromatic heterocycles. The van der Waals surface area contributed by atoms with E-state index in [1.54, 1.807) is 6.07 Å². The summed E-state index contributed by atoms with van der Waals surface area (Å²) in [7, 11) is 0. The van der Waals surface area contributed by atoms with Gasteiger partial charge in [-0.1, -0.05) is 12.1 Å². The Morgan fingerprint density at radius 2 is 2.07 bits per heavy atom. The highest BCUT2D eigenvalue weighted by atomic mass is 14.9. The van der Waals surface area contributed by atoms with Crippen LogP contribution < -0.4 is 5.32 Å². The quantitative estimate of drug-likeness (QED) is 0.785. The monoisotopic (exact) mass is 185 g/mol. The molecule has 1 aromatic carbocycles. The minimum absolute atomic E-state index is 0.0644. The fourth-order valence-electron chi connectivity index (χ4n) is 1.16. The third kappa shape index (κ3) is 2.50. The molecule has 0 saturated carbocycles. The molecule has 14 heavy (non-hydrogen) atoms. The zero-order valence-electron chi connectivity index (χ0n) is 7.99. The molecule has 0 radical (unpaired) electrons. The number of anilines is 1. The van der Waals surface area contributed by atoms with Crippen molar-refractivity contribution in [2.45, 2.75) is 19.4 Å². The molecule has 0 bridgehead atoms. The molecule has 70 valence electrons. The molecule has 0 heterocycles. The van der Waals surface area contributed by atoms with Gasteiger partial charge in [-0.2, -0.15) is 10.5 Å². The van der Waals surface area contributed by atoms with E-state index in [9.17, 15) is 0 Å². The molecular formula is C11H11N3. The summed E-state index contributed by atoms with van der Waals surface area (Å²) in [4.78, 5) is 0. The first kappa shape index (κ1) is 10.1. The van der Waals surface area contributed by atoms with E-state index in [4.69, 9.17) is 10.5 Å². The molecule has 1 unspecified atom stereocenters. The smallest absolute Gasteiger partial charge is 0.101 e. The number of hydrogen-bond donors (Lipinski definition) is 1. The minimum atomic E-state index is 0.0644. The Bertz CT molecular complexity index is 384. The average molecular weight is 185 g/mol. The topological polar surface area (TPSA) is 59.6 Å². The third-order valence-electron chi connectivity index (χ3n) is 1.85. The normalized spacial score (nSPS) is 11.1. The summed E-state index contributed by atoms with van der Waals surface area (Å²) in [5.74, 6) is 0. The van der Waals surface area contributed by atoms with Gasteiger partial charge >= 0.3 is 0 Å². The van der Waals surface area contributed by atoms with E-state index in [1.165, 1.54) is 0 Å². The summed E-state index contributed by atoms with van der Waals surface area (Å²) < 4.78 is 0. The van der Waals surface area contributed by atoms with E-state index in [0.29, 0.717) is 12.0 Å². The molecule has 1 atom stereocenters. The predicted molar refractivity (Wildman–Crippen MR) is 54.5 cm³/mol. The first-order valence-corrected chi connectivity index (χ1v) is 4.40. The molecule has 1 N–H and O–H groups in total. The molecule has 0 amide bonds. The van der Waals surface area contributed by atoms with E-state index < -0.39 is 0 Å². The van der Waals surface area contributed by atoms with Gasteiger partial charge in [-0.25, -0.2) is 0 Å². The molecule has 0 fully saturated rings. The first-order valence-electron chi connectivity index (χ1n) is 4.40. The second-order valence-corrected chi connectivity index (χ2v) is 3.07. The van der Waals surface area contributed by atoms with Gasteiger partial charge in [0.2, 0.25) is 0 Å². The van der Waals surface area contributed by atoms with Crippen LogP contribution in [0, 0.1) is 22.7 Å². The maximum Gasteiger partial charge on any atom is 0.101 e. The van der Waals surface area contributed by atoms with Crippen LogP contribution in [0.3, 0.4) is 0 Å². The van der Waals surface area contributed by atoms with Crippen molar-refractivity contribution < 1.29 is 0 Å². The number of nitriles is 2. The Morgan fingerprint density at radius 1 is 1.36 bits per heavy atom. The van der Waals surface area contributed by atoms with Crippen molar-refractivity contribution in [3.8, 4) is 12.1 Å². The Kier molecular flexibility index (Phi) is 3.52. The maximum absolute atomic E-state index is 8.81. The van der Waals surface area contributed by atoms with Crippen molar-refractivity contribution in [3.05, 3.63) is 29.8 Å². The molecule has 1 aromatic rings. The van der Waals surface area contributed by atoms with Crippen molar-refractivity contribution in [2.24, 2.45) is 0 Å². The van der Waals surface area contributed by atoms with Gasteiger partial charge in [-0.15, -0.1) is 0 Å². The molecule has 0 aliphatic rings. The lowest BCUT2D eigenvalue weighted by molar-refractivity contribution is 0.820. The minimum Gasteiger partial charge on any atom is -0.380 e. The molecule has 0 aliphatic carbocycles. The van der Waals surface area contributed by atoms with Crippen LogP contribution in [0.4, 0.5) is 5.69 Å². The number of rotatable bonds is 3. The summed E-state index contributed by atoms with van der Waals surface area (Å²) in [5, 5.41) is 20.4. The van der Waals surface area contributed by atoms with E-state index in [1.807, 2.05) is 25.1 Å². The van der Waals surface area contributed by atoms with Gasteiger partial charge in [0.25, 0.3) is 0 Å². The number of benzene rings is 1. The van der Waals surface area contributed by atoms with Crippen molar-refractivity contribution >= 4 is 5.69 Å². The number of nitrogens with zero attached hydrogens (tertiary/aromatic N) is 2. The standard InChI is InChI=1S/C11H11N3/c1-9(6-7-12)14-11-5-3-2-4-10(11)8-13/h2-5,9,14H,6H2,1H3. The molecular weight excluding hydrogens is 174 g/mol. The van der Waals surface area contributed by atoms with E-state index in [2.05, 4.69) is 17.5 Å². The van der Waals surface area contributed by atoms with Crippen LogP contribution in [0.1, 0.15) is 18.9 Å². The van der Waals surface area contributed by atoms with Crippen LogP contribution in [0.25, 0.3) is 0 Å². The Balaban J connectivity index is 2.77. The van der Waals surface area contributed by atoms with Crippen LogP contribution >= 0.6 is 0 Å². The number of nitrogens with one attached hydrogen (secondary N) is 1. The predicted octanol–water partition coefficient (Wildman–Crippen LogP) is 2.27. The van der Waals surface area contributed by atoms with Crippen molar-refractivity contribution in [2.75, 3.05) is 5.32 Å². The summed E-state index contributed by atoms with van der Waals surface area (Å²) in [6.07, 6.45) is 0.430. The lowest BCUT2D eigenvalue weighted by Crippen LogP contribution is -2.14. The van der Waals surface area contributed by atoms with Crippen LogP contribution in [0.2, 0.25) is 0 Å². The van der Waals surface area contributed by atoms with E-state index >= 15 is 0 Å². The first-order chi connectivity index (χ1) is 6.77. The maximum atomic E-state index is 8.81. The average Bonchev–Trinajstić information content (AvgIpc) is 2.19. The summed E-state index contributed by atoms with van der Waals surface area (Å²) in [6.45, 7) is 1.91.